The van der Waals surface area contributed by atoms with Crippen molar-refractivity contribution in [3.05, 3.63) is 0 Å². The number of halogens is 1. The molecule has 1 heterocycles. The summed E-state index contributed by atoms with van der Waals surface area (Å²) < 4.78 is 4.94. The molecule has 0 bridgehead atoms. The molecule has 0 N–H and O–H groups in total. The molecule has 1 aliphatic carbocycles. The highest BCUT2D eigenvalue weighted by molar-refractivity contribution is 6.20. The molecule has 0 aromatic carbocycles. The third-order valence-corrected chi connectivity index (χ3v) is 2.80. The number of ether oxygens (including phenoxy) is 1. The zero-order valence-electron chi connectivity index (χ0n) is 7.73. The fourth-order valence-electron chi connectivity index (χ4n) is 1.56. The predicted molar refractivity (Wildman–Crippen MR) is 52.8 cm³/mol. The van der Waals surface area contributed by atoms with Crippen LogP contribution in [0.4, 0.5) is 0 Å². The fourth-order valence-corrected chi connectivity index (χ4v) is 1.87. The Kier molecular flexibility index (Phi) is 5.80. The first-order chi connectivity index (χ1) is 5.89. The SMILES string of the molecule is C1CCOC1.ClC1CCCCC1. The monoisotopic (exact) mass is 190 g/mol. The minimum absolute atomic E-state index is 0.508. The van der Waals surface area contributed by atoms with Gasteiger partial charge in [0.15, 0.2) is 0 Å². The molecule has 72 valence electrons. The lowest BCUT2D eigenvalue weighted by Crippen LogP contribution is -2.03. The summed E-state index contributed by atoms with van der Waals surface area (Å²) >= 11 is 5.82. The average Bonchev–Trinajstić information content (AvgIpc) is 2.62. The molecule has 0 unspecified atom stereocenters. The normalized spacial score (nSPS) is 24.8. The van der Waals surface area contributed by atoms with Gasteiger partial charge in [0.2, 0.25) is 0 Å². The summed E-state index contributed by atoms with van der Waals surface area (Å²) in [6, 6.07) is 0. The van der Waals surface area contributed by atoms with Gasteiger partial charge in [0.25, 0.3) is 0 Å². The number of rotatable bonds is 0. The van der Waals surface area contributed by atoms with Crippen molar-refractivity contribution in [1.29, 1.82) is 0 Å². The van der Waals surface area contributed by atoms with E-state index in [0.29, 0.717) is 5.38 Å². The van der Waals surface area contributed by atoms with E-state index in [1.165, 1.54) is 44.9 Å². The van der Waals surface area contributed by atoms with Gasteiger partial charge in [-0.1, -0.05) is 19.3 Å². The van der Waals surface area contributed by atoms with Gasteiger partial charge in [-0.05, 0) is 25.7 Å². The Morgan fingerprint density at radius 3 is 1.67 bits per heavy atom. The van der Waals surface area contributed by atoms with Crippen molar-refractivity contribution in [2.24, 2.45) is 0 Å². The Morgan fingerprint density at radius 2 is 1.42 bits per heavy atom. The van der Waals surface area contributed by atoms with Gasteiger partial charge in [-0.2, -0.15) is 0 Å². The quantitative estimate of drug-likeness (QED) is 0.533. The summed E-state index contributed by atoms with van der Waals surface area (Å²) in [6.07, 6.45) is 9.18. The fraction of sp³-hybridized carbons (Fsp3) is 1.00. The van der Waals surface area contributed by atoms with Crippen LogP contribution in [-0.2, 0) is 4.74 Å². The van der Waals surface area contributed by atoms with E-state index < -0.39 is 0 Å². The molecule has 1 saturated carbocycles. The van der Waals surface area contributed by atoms with Crippen LogP contribution in [0.15, 0.2) is 0 Å². The van der Waals surface area contributed by atoms with Crippen LogP contribution < -0.4 is 0 Å². The van der Waals surface area contributed by atoms with E-state index in [0.717, 1.165) is 13.2 Å². The van der Waals surface area contributed by atoms with Crippen molar-refractivity contribution in [1.82, 2.24) is 0 Å². The van der Waals surface area contributed by atoms with Gasteiger partial charge < -0.3 is 4.74 Å². The van der Waals surface area contributed by atoms with Crippen LogP contribution in [0.1, 0.15) is 44.9 Å². The molecule has 2 aliphatic rings. The Balaban J connectivity index is 0.000000127. The lowest BCUT2D eigenvalue weighted by atomic mass is 10.0. The lowest BCUT2D eigenvalue weighted by Gasteiger charge is -2.13. The Hall–Kier alpha value is 0.250. The maximum atomic E-state index is 5.82. The van der Waals surface area contributed by atoms with Crippen molar-refractivity contribution >= 4 is 11.6 Å². The minimum atomic E-state index is 0.508. The van der Waals surface area contributed by atoms with E-state index in [-0.39, 0.29) is 0 Å². The summed E-state index contributed by atoms with van der Waals surface area (Å²) in [5, 5.41) is 0.508. The summed E-state index contributed by atoms with van der Waals surface area (Å²) in [6.45, 7) is 2.00. The highest BCUT2D eigenvalue weighted by Crippen LogP contribution is 2.21. The first-order valence-electron chi connectivity index (χ1n) is 5.11. The predicted octanol–water partition coefficient (Wildman–Crippen LogP) is 3.35. The van der Waals surface area contributed by atoms with Gasteiger partial charge in [0.05, 0.1) is 0 Å². The molecule has 0 aromatic rings. The summed E-state index contributed by atoms with van der Waals surface area (Å²) in [5.74, 6) is 0. The third kappa shape index (κ3) is 5.00. The molecule has 2 rings (SSSR count). The number of hydrogen-bond acceptors (Lipinski definition) is 1. The van der Waals surface area contributed by atoms with E-state index >= 15 is 0 Å². The van der Waals surface area contributed by atoms with Crippen molar-refractivity contribution in [3.8, 4) is 0 Å². The molecule has 2 fully saturated rings. The molecular formula is C10H19ClO. The van der Waals surface area contributed by atoms with E-state index in [1.54, 1.807) is 0 Å². The molecule has 1 nitrogen and oxygen atoms in total. The van der Waals surface area contributed by atoms with Gasteiger partial charge in [-0.15, -0.1) is 11.6 Å². The molecule has 0 amide bonds. The van der Waals surface area contributed by atoms with Crippen LogP contribution in [-0.4, -0.2) is 18.6 Å². The maximum absolute atomic E-state index is 5.82. The summed E-state index contributed by atoms with van der Waals surface area (Å²) in [7, 11) is 0. The Labute approximate surface area is 80.4 Å². The minimum Gasteiger partial charge on any atom is -0.381 e. The first-order valence-corrected chi connectivity index (χ1v) is 5.55. The highest BCUT2D eigenvalue weighted by atomic mass is 35.5. The van der Waals surface area contributed by atoms with Crippen LogP contribution in [0.5, 0.6) is 0 Å². The second kappa shape index (κ2) is 6.73. The third-order valence-electron chi connectivity index (χ3n) is 2.36. The van der Waals surface area contributed by atoms with E-state index in [1.807, 2.05) is 0 Å². The zero-order chi connectivity index (χ0) is 8.65. The number of hydrogen-bond donors (Lipinski definition) is 0. The molecule has 12 heavy (non-hydrogen) atoms. The van der Waals surface area contributed by atoms with Gasteiger partial charge in [0.1, 0.15) is 0 Å². The van der Waals surface area contributed by atoms with E-state index in [2.05, 4.69) is 0 Å². The molecule has 0 atom stereocenters. The molecule has 1 aliphatic heterocycles. The smallest absolute Gasteiger partial charge is 0.0466 e. The molecule has 0 aromatic heterocycles. The van der Waals surface area contributed by atoms with Gasteiger partial charge in [-0.25, -0.2) is 0 Å². The molecule has 0 spiro atoms. The number of alkyl halides is 1. The van der Waals surface area contributed by atoms with E-state index in [9.17, 15) is 0 Å². The standard InChI is InChI=1S/C6H11Cl.C4H8O/c7-6-4-2-1-3-5-6;1-2-4-5-3-1/h6H,1-5H2;1-4H2. The van der Waals surface area contributed by atoms with Crippen LogP contribution in [0.25, 0.3) is 0 Å². The second-order valence-corrected chi connectivity index (χ2v) is 4.17. The van der Waals surface area contributed by atoms with Crippen LogP contribution in [0, 0.1) is 0 Å². The van der Waals surface area contributed by atoms with Crippen molar-refractivity contribution in [2.45, 2.75) is 50.3 Å². The topological polar surface area (TPSA) is 9.23 Å². The van der Waals surface area contributed by atoms with Crippen LogP contribution in [0.2, 0.25) is 0 Å². The highest BCUT2D eigenvalue weighted by Gasteiger charge is 2.08. The molecular weight excluding hydrogens is 172 g/mol. The molecule has 1 saturated heterocycles. The first kappa shape index (κ1) is 10.3. The maximum Gasteiger partial charge on any atom is 0.0466 e. The second-order valence-electron chi connectivity index (χ2n) is 3.55. The summed E-state index contributed by atoms with van der Waals surface area (Å²) in [5.41, 5.74) is 0. The van der Waals surface area contributed by atoms with Crippen LogP contribution in [0.3, 0.4) is 0 Å². The molecule has 0 radical (unpaired) electrons. The largest absolute Gasteiger partial charge is 0.381 e. The van der Waals surface area contributed by atoms with Crippen LogP contribution >= 0.6 is 11.6 Å². The van der Waals surface area contributed by atoms with Crippen molar-refractivity contribution in [3.63, 3.8) is 0 Å². The van der Waals surface area contributed by atoms with Crippen molar-refractivity contribution < 1.29 is 4.74 Å². The Morgan fingerprint density at radius 1 is 0.833 bits per heavy atom. The van der Waals surface area contributed by atoms with Gasteiger partial charge >= 0.3 is 0 Å². The van der Waals surface area contributed by atoms with Gasteiger partial charge in [-0.3, -0.25) is 0 Å². The van der Waals surface area contributed by atoms with Crippen molar-refractivity contribution in [2.75, 3.05) is 13.2 Å². The zero-order valence-corrected chi connectivity index (χ0v) is 8.48. The van der Waals surface area contributed by atoms with Gasteiger partial charge in [0, 0.05) is 18.6 Å². The lowest BCUT2D eigenvalue weighted by molar-refractivity contribution is 0.198. The molecule has 2 heteroatoms. The Bertz CT molecular complexity index is 88.4. The summed E-state index contributed by atoms with van der Waals surface area (Å²) in [4.78, 5) is 0. The van der Waals surface area contributed by atoms with E-state index in [4.69, 9.17) is 16.3 Å². The average molecular weight is 191 g/mol.